The van der Waals surface area contributed by atoms with E-state index in [2.05, 4.69) is 0 Å². The largest absolute Gasteiger partial charge is 0.481 e. The van der Waals surface area contributed by atoms with Crippen LogP contribution in [-0.2, 0) is 4.79 Å². The third-order valence-electron chi connectivity index (χ3n) is 1.41. The molecule has 0 radical (unpaired) electrons. The number of carbonyl (C=O) groups is 1. The number of aliphatic carboxylic acids is 1. The van der Waals surface area contributed by atoms with E-state index in [1.165, 1.54) is 6.92 Å². The second-order valence-corrected chi connectivity index (χ2v) is 2.53. The lowest BCUT2D eigenvalue weighted by atomic mass is 10.0. The molecule has 0 aromatic heterocycles. The van der Waals surface area contributed by atoms with Crippen LogP contribution in [0, 0.1) is 5.92 Å². The Bertz CT molecular complexity index is 137. The van der Waals surface area contributed by atoms with E-state index in [4.69, 9.17) is 21.1 Å². The monoisotopic (exact) mass is 163 g/mol. The Kier molecular flexibility index (Phi) is 4.02. The Morgan fingerprint density at radius 2 is 2.00 bits per heavy atom. The van der Waals surface area contributed by atoms with Gasteiger partial charge in [-0.15, -0.1) is 0 Å². The van der Waals surface area contributed by atoms with Gasteiger partial charge in [-0.1, -0.05) is 6.92 Å². The Morgan fingerprint density at radius 3 is 2.27 bits per heavy atom. The lowest BCUT2D eigenvalue weighted by molar-refractivity contribution is -0.142. The minimum atomic E-state index is -1.36. The van der Waals surface area contributed by atoms with E-state index in [0.717, 1.165) is 0 Å². The van der Waals surface area contributed by atoms with E-state index >= 15 is 0 Å². The van der Waals surface area contributed by atoms with Crippen LogP contribution in [0.3, 0.4) is 0 Å². The molecule has 0 aromatic carbocycles. The molecule has 0 aromatic rings. The van der Waals surface area contributed by atoms with Gasteiger partial charge in [-0.25, -0.2) is 0 Å². The Balaban J connectivity index is 3.75. The molecule has 0 spiro atoms. The molecular weight excluding hydrogens is 150 g/mol. The molecule has 0 aliphatic heterocycles. The predicted molar refractivity (Wildman–Crippen MR) is 37.6 cm³/mol. The highest BCUT2D eigenvalue weighted by atomic mass is 16.4. The highest BCUT2D eigenvalue weighted by Gasteiger charge is 2.19. The van der Waals surface area contributed by atoms with E-state index in [9.17, 15) is 4.79 Å². The lowest BCUT2D eigenvalue weighted by Crippen LogP contribution is -2.36. The van der Waals surface area contributed by atoms with Crippen molar-refractivity contribution in [2.45, 2.75) is 25.7 Å². The highest BCUT2D eigenvalue weighted by Crippen LogP contribution is 2.06. The fourth-order valence-corrected chi connectivity index (χ4v) is 0.602. The summed E-state index contributed by atoms with van der Waals surface area (Å²) in [6.45, 7) is 1.44. The van der Waals surface area contributed by atoms with Crippen molar-refractivity contribution < 1.29 is 20.1 Å². The van der Waals surface area contributed by atoms with Crippen LogP contribution >= 0.6 is 0 Å². The molecule has 0 amide bonds. The molecule has 3 atom stereocenters. The van der Waals surface area contributed by atoms with Crippen LogP contribution in [0.25, 0.3) is 0 Å². The molecule has 0 bridgehead atoms. The summed E-state index contributed by atoms with van der Waals surface area (Å²) in [6.07, 6.45) is -2.56. The topological polar surface area (TPSA) is 104 Å². The van der Waals surface area contributed by atoms with Crippen molar-refractivity contribution in [2.24, 2.45) is 11.7 Å². The molecule has 0 aliphatic carbocycles. The highest BCUT2D eigenvalue weighted by molar-refractivity contribution is 5.69. The van der Waals surface area contributed by atoms with Gasteiger partial charge in [0.2, 0.25) is 0 Å². The van der Waals surface area contributed by atoms with Gasteiger partial charge in [0, 0.05) is 0 Å². The summed E-state index contributed by atoms with van der Waals surface area (Å²) in [5.74, 6) is -1.70. The molecule has 5 N–H and O–H groups in total. The molecule has 0 saturated heterocycles. The minimum Gasteiger partial charge on any atom is -0.481 e. The molecule has 0 rings (SSSR count). The molecule has 5 heteroatoms. The predicted octanol–water partition coefficient (Wildman–Crippen LogP) is -1.26. The van der Waals surface area contributed by atoms with Crippen LogP contribution in [0.1, 0.15) is 13.3 Å². The summed E-state index contributed by atoms with van der Waals surface area (Å²) in [7, 11) is 0. The molecular formula is C6H13NO4. The second-order valence-electron chi connectivity index (χ2n) is 2.53. The number of aliphatic hydroxyl groups is 2. The zero-order chi connectivity index (χ0) is 9.02. The molecule has 11 heavy (non-hydrogen) atoms. The molecule has 5 nitrogen and oxygen atoms in total. The molecule has 0 fully saturated rings. The van der Waals surface area contributed by atoms with Crippen LogP contribution in [0.15, 0.2) is 0 Å². The zero-order valence-electron chi connectivity index (χ0n) is 6.27. The first-order valence-corrected chi connectivity index (χ1v) is 3.29. The molecule has 3 unspecified atom stereocenters. The molecule has 0 saturated carbocycles. The van der Waals surface area contributed by atoms with Crippen LogP contribution in [-0.4, -0.2) is 33.6 Å². The van der Waals surface area contributed by atoms with E-state index < -0.39 is 24.2 Å². The lowest BCUT2D eigenvalue weighted by Gasteiger charge is -2.15. The smallest absolute Gasteiger partial charge is 0.306 e. The maximum absolute atomic E-state index is 10.2. The third-order valence-corrected chi connectivity index (χ3v) is 1.41. The SMILES string of the molecule is CC(CC(O)C(N)O)C(=O)O. The normalized spacial score (nSPS) is 18.9. The zero-order valence-corrected chi connectivity index (χ0v) is 6.27. The summed E-state index contributed by atoms with van der Waals surface area (Å²) in [5, 5.41) is 25.9. The van der Waals surface area contributed by atoms with Gasteiger partial charge in [-0.2, -0.15) is 0 Å². The van der Waals surface area contributed by atoms with Crippen molar-refractivity contribution in [3.63, 3.8) is 0 Å². The van der Waals surface area contributed by atoms with Gasteiger partial charge in [0.1, 0.15) is 6.23 Å². The summed E-state index contributed by atoms with van der Waals surface area (Å²) >= 11 is 0. The van der Waals surface area contributed by atoms with Crippen LogP contribution in [0.2, 0.25) is 0 Å². The number of hydrogen-bond acceptors (Lipinski definition) is 4. The average Bonchev–Trinajstić information content (AvgIpc) is 1.87. The van der Waals surface area contributed by atoms with Crippen molar-refractivity contribution in [1.29, 1.82) is 0 Å². The van der Waals surface area contributed by atoms with Crippen molar-refractivity contribution in [1.82, 2.24) is 0 Å². The van der Waals surface area contributed by atoms with Gasteiger partial charge in [-0.05, 0) is 6.42 Å². The quantitative estimate of drug-likeness (QED) is 0.387. The number of carboxylic acids is 1. The number of nitrogens with two attached hydrogens (primary N) is 1. The minimum absolute atomic E-state index is 0.0347. The summed E-state index contributed by atoms with van der Waals surface area (Å²) in [5.41, 5.74) is 4.90. The van der Waals surface area contributed by atoms with E-state index in [1.54, 1.807) is 0 Å². The third kappa shape index (κ3) is 3.92. The van der Waals surface area contributed by atoms with Crippen LogP contribution < -0.4 is 5.73 Å². The first-order chi connectivity index (χ1) is 4.95. The molecule has 0 aliphatic rings. The van der Waals surface area contributed by atoms with E-state index in [-0.39, 0.29) is 6.42 Å². The Labute approximate surface area is 64.4 Å². The van der Waals surface area contributed by atoms with Crippen LogP contribution in [0.5, 0.6) is 0 Å². The number of aliphatic hydroxyl groups excluding tert-OH is 2. The van der Waals surface area contributed by atoms with Gasteiger partial charge >= 0.3 is 5.97 Å². The standard InChI is InChI=1S/C6H13NO4/c1-3(6(10)11)2-4(8)5(7)9/h3-5,8-9H,2,7H2,1H3,(H,10,11). The Morgan fingerprint density at radius 1 is 1.55 bits per heavy atom. The number of carboxylic acid groups (broad SMARTS) is 1. The fraction of sp³-hybridized carbons (Fsp3) is 0.833. The van der Waals surface area contributed by atoms with E-state index in [1.807, 2.05) is 0 Å². The Hall–Kier alpha value is -0.650. The van der Waals surface area contributed by atoms with Gasteiger partial charge in [0.05, 0.1) is 12.0 Å². The van der Waals surface area contributed by atoms with Crippen molar-refractivity contribution >= 4 is 5.97 Å². The summed E-state index contributed by atoms with van der Waals surface area (Å²) < 4.78 is 0. The van der Waals surface area contributed by atoms with Gasteiger partial charge in [-0.3, -0.25) is 4.79 Å². The second kappa shape index (κ2) is 4.27. The summed E-state index contributed by atoms with van der Waals surface area (Å²) in [4.78, 5) is 10.2. The summed E-state index contributed by atoms with van der Waals surface area (Å²) in [6, 6.07) is 0. The van der Waals surface area contributed by atoms with Gasteiger partial charge in [0.15, 0.2) is 0 Å². The molecule has 0 heterocycles. The maximum Gasteiger partial charge on any atom is 0.306 e. The fourth-order valence-electron chi connectivity index (χ4n) is 0.602. The molecule has 66 valence electrons. The van der Waals surface area contributed by atoms with Crippen molar-refractivity contribution in [3.8, 4) is 0 Å². The van der Waals surface area contributed by atoms with Crippen molar-refractivity contribution in [3.05, 3.63) is 0 Å². The maximum atomic E-state index is 10.2. The first-order valence-electron chi connectivity index (χ1n) is 3.29. The van der Waals surface area contributed by atoms with Gasteiger partial charge in [0.25, 0.3) is 0 Å². The van der Waals surface area contributed by atoms with Gasteiger partial charge < -0.3 is 21.1 Å². The van der Waals surface area contributed by atoms with Crippen LogP contribution in [0.4, 0.5) is 0 Å². The number of rotatable bonds is 4. The van der Waals surface area contributed by atoms with E-state index in [0.29, 0.717) is 0 Å². The van der Waals surface area contributed by atoms with Crippen molar-refractivity contribution in [2.75, 3.05) is 0 Å². The first kappa shape index (κ1) is 10.3. The number of hydrogen-bond donors (Lipinski definition) is 4. The average molecular weight is 163 g/mol.